The predicted molar refractivity (Wildman–Crippen MR) is 146 cm³/mol. The topological polar surface area (TPSA) is 110 Å². The Bertz CT molecular complexity index is 1160. The first kappa shape index (κ1) is 28.3. The Morgan fingerprint density at radius 3 is 2.18 bits per heavy atom. The monoisotopic (exact) mass is 518 g/mol. The molecule has 1 heterocycles. The van der Waals surface area contributed by atoms with Crippen LogP contribution in [0.1, 0.15) is 45.2 Å². The molecule has 9 nitrogen and oxygen atoms in total. The van der Waals surface area contributed by atoms with E-state index in [0.29, 0.717) is 31.6 Å². The molecule has 0 saturated carbocycles. The molecule has 3 rings (SSSR count). The maximum absolute atomic E-state index is 13.0. The molecule has 2 aromatic rings. The van der Waals surface area contributed by atoms with Gasteiger partial charge in [-0.1, -0.05) is 72.3 Å². The van der Waals surface area contributed by atoms with Gasteiger partial charge in [-0.3, -0.25) is 15.1 Å². The van der Waals surface area contributed by atoms with Gasteiger partial charge in [0.25, 0.3) is 0 Å². The van der Waals surface area contributed by atoms with Crippen LogP contribution in [0, 0.1) is 0 Å². The summed E-state index contributed by atoms with van der Waals surface area (Å²) in [5, 5.41) is 2.54. The van der Waals surface area contributed by atoms with E-state index in [0.717, 1.165) is 16.7 Å². The van der Waals surface area contributed by atoms with Gasteiger partial charge in [-0.05, 0) is 27.7 Å². The number of hydrogen-bond donors (Lipinski definition) is 1. The lowest BCUT2D eigenvalue weighted by Gasteiger charge is -2.24. The average Bonchev–Trinajstić information content (AvgIpc) is 3.35. The van der Waals surface area contributed by atoms with Crippen LogP contribution < -0.4 is 5.32 Å². The third kappa shape index (κ3) is 8.40. The summed E-state index contributed by atoms with van der Waals surface area (Å²) in [4.78, 5) is 46.8. The van der Waals surface area contributed by atoms with E-state index in [-0.39, 0.29) is 12.6 Å². The quantitative estimate of drug-likeness (QED) is 0.185. The van der Waals surface area contributed by atoms with Gasteiger partial charge in [0.05, 0.1) is 12.3 Å². The second kappa shape index (κ2) is 13.3. The lowest BCUT2D eigenvalue weighted by molar-refractivity contribution is -0.144. The van der Waals surface area contributed by atoms with Crippen molar-refractivity contribution in [2.45, 2.75) is 45.8 Å². The molecule has 0 radical (unpaired) electrons. The normalized spacial score (nSPS) is 14.3. The van der Waals surface area contributed by atoms with E-state index in [1.807, 2.05) is 66.7 Å². The maximum Gasteiger partial charge on any atom is 0.414 e. The summed E-state index contributed by atoms with van der Waals surface area (Å²) in [6.07, 6.45) is 1.89. The summed E-state index contributed by atoms with van der Waals surface area (Å²) in [7, 11) is 0. The Kier molecular flexibility index (Phi) is 9.92. The number of hydrogen-bond acceptors (Lipinski definition) is 6. The average molecular weight is 519 g/mol. The van der Waals surface area contributed by atoms with Crippen LogP contribution in [0.3, 0.4) is 0 Å². The molecule has 38 heavy (non-hydrogen) atoms. The zero-order valence-corrected chi connectivity index (χ0v) is 22.2. The number of guanidine groups is 1. The molecular weight excluding hydrogens is 484 g/mol. The molecule has 0 spiro atoms. The van der Waals surface area contributed by atoms with Crippen LogP contribution in [0.15, 0.2) is 82.3 Å². The van der Waals surface area contributed by atoms with E-state index in [2.05, 4.69) is 10.3 Å². The molecule has 9 heteroatoms. The minimum absolute atomic E-state index is 0.0750. The minimum atomic E-state index is -0.790. The van der Waals surface area contributed by atoms with Crippen molar-refractivity contribution < 1.29 is 23.9 Å². The van der Waals surface area contributed by atoms with Crippen LogP contribution in [0.2, 0.25) is 0 Å². The van der Waals surface area contributed by atoms with Gasteiger partial charge in [0.2, 0.25) is 12.4 Å². The van der Waals surface area contributed by atoms with Gasteiger partial charge in [0, 0.05) is 30.6 Å². The summed E-state index contributed by atoms with van der Waals surface area (Å²) in [5.74, 6) is -0.351. The minimum Gasteiger partial charge on any atom is -0.464 e. The van der Waals surface area contributed by atoms with E-state index in [1.54, 1.807) is 32.6 Å². The molecular formula is C29H34N4O5. The summed E-state index contributed by atoms with van der Waals surface area (Å²) in [6.45, 7) is 7.96. The van der Waals surface area contributed by atoms with Crippen molar-refractivity contribution in [3.63, 3.8) is 0 Å². The Labute approximate surface area is 223 Å². The third-order valence-electron chi connectivity index (χ3n) is 5.48. The van der Waals surface area contributed by atoms with Crippen LogP contribution in [-0.2, 0) is 19.1 Å². The fraction of sp³-hybridized carbons (Fsp3) is 0.345. The lowest BCUT2D eigenvalue weighted by Crippen LogP contribution is -2.45. The van der Waals surface area contributed by atoms with E-state index in [9.17, 15) is 14.4 Å². The van der Waals surface area contributed by atoms with Crippen molar-refractivity contribution in [3.8, 4) is 0 Å². The maximum atomic E-state index is 13.0. The van der Waals surface area contributed by atoms with Crippen LogP contribution in [0.4, 0.5) is 4.79 Å². The van der Waals surface area contributed by atoms with Crippen molar-refractivity contribution in [1.29, 1.82) is 0 Å². The molecule has 1 atom stereocenters. The Morgan fingerprint density at radius 1 is 1.05 bits per heavy atom. The summed E-state index contributed by atoms with van der Waals surface area (Å²) >= 11 is 0. The molecule has 0 bridgehead atoms. The number of nitrogens with zero attached hydrogens (tertiary/aromatic N) is 3. The molecule has 0 saturated heterocycles. The number of amides is 2. The molecule has 1 N–H and O–H groups in total. The number of carbonyl (C=O) groups is 3. The number of esters is 1. The van der Waals surface area contributed by atoms with Gasteiger partial charge < -0.3 is 14.4 Å². The number of aliphatic imine (C=N–C) groups is 2. The highest BCUT2D eigenvalue weighted by molar-refractivity contribution is 6.13. The Morgan fingerprint density at radius 2 is 1.66 bits per heavy atom. The van der Waals surface area contributed by atoms with E-state index >= 15 is 0 Å². The highest BCUT2D eigenvalue weighted by atomic mass is 16.6. The number of ether oxygens (including phenoxy) is 2. The van der Waals surface area contributed by atoms with Crippen molar-refractivity contribution in [2.75, 3.05) is 19.7 Å². The molecule has 2 aromatic carbocycles. The number of nitrogens with one attached hydrogen (secondary N) is 1. The van der Waals surface area contributed by atoms with Gasteiger partial charge in [-0.25, -0.2) is 9.59 Å². The molecule has 0 aromatic heterocycles. The predicted octanol–water partition coefficient (Wildman–Crippen LogP) is 4.12. The molecule has 0 aliphatic carbocycles. The Hall–Kier alpha value is -4.27. The second-order valence-corrected chi connectivity index (χ2v) is 9.61. The molecule has 200 valence electrons. The molecule has 1 aliphatic rings. The molecule has 1 unspecified atom stereocenters. The van der Waals surface area contributed by atoms with Crippen molar-refractivity contribution in [1.82, 2.24) is 10.2 Å². The number of benzene rings is 2. The fourth-order valence-corrected chi connectivity index (χ4v) is 3.89. The van der Waals surface area contributed by atoms with Crippen LogP contribution >= 0.6 is 0 Å². The van der Waals surface area contributed by atoms with Gasteiger partial charge in [-0.2, -0.15) is 4.99 Å². The van der Waals surface area contributed by atoms with Gasteiger partial charge in [0.15, 0.2) is 6.04 Å². The number of rotatable bonds is 8. The highest BCUT2D eigenvalue weighted by Gasteiger charge is 2.27. The van der Waals surface area contributed by atoms with E-state index in [1.165, 1.54) is 0 Å². The van der Waals surface area contributed by atoms with E-state index in [4.69, 9.17) is 14.5 Å². The highest BCUT2D eigenvalue weighted by Crippen LogP contribution is 2.20. The van der Waals surface area contributed by atoms with Gasteiger partial charge in [0.1, 0.15) is 5.60 Å². The Balaban J connectivity index is 1.83. The summed E-state index contributed by atoms with van der Waals surface area (Å²) in [6, 6.07) is 18.6. The van der Waals surface area contributed by atoms with Crippen molar-refractivity contribution in [2.24, 2.45) is 9.98 Å². The first-order valence-electron chi connectivity index (χ1n) is 12.5. The van der Waals surface area contributed by atoms with Gasteiger partial charge >= 0.3 is 12.1 Å². The summed E-state index contributed by atoms with van der Waals surface area (Å²) < 4.78 is 10.7. The van der Waals surface area contributed by atoms with Crippen LogP contribution in [0.5, 0.6) is 0 Å². The first-order valence-corrected chi connectivity index (χ1v) is 12.5. The summed E-state index contributed by atoms with van der Waals surface area (Å²) in [5.41, 5.74) is 2.66. The van der Waals surface area contributed by atoms with Gasteiger partial charge in [-0.15, -0.1) is 0 Å². The van der Waals surface area contributed by atoms with E-state index < -0.39 is 23.7 Å². The first-order chi connectivity index (χ1) is 18.2. The second-order valence-electron chi connectivity index (χ2n) is 9.61. The number of carbonyl (C=O) groups excluding carboxylic acids is 3. The van der Waals surface area contributed by atoms with Crippen molar-refractivity contribution in [3.05, 3.63) is 83.4 Å². The van der Waals surface area contributed by atoms with Crippen LogP contribution in [-0.4, -0.2) is 66.4 Å². The molecule has 0 fully saturated rings. The smallest absolute Gasteiger partial charge is 0.414 e. The SMILES string of the molecule is CCOC(=O)C(CC1=CCN(C(=NC=O)NC(=O)OC(C)(C)C)C1)N=C(c1ccccc1)c1ccccc1. The molecule has 2 amide bonds. The zero-order valence-electron chi connectivity index (χ0n) is 22.2. The van der Waals surface area contributed by atoms with Crippen molar-refractivity contribution >= 4 is 30.1 Å². The number of alkyl carbamates (subject to hydrolysis) is 1. The zero-order chi connectivity index (χ0) is 27.5. The lowest BCUT2D eigenvalue weighted by atomic mass is 10.0. The standard InChI is InChI=1S/C29H34N4O5/c1-5-37-26(35)24(31-25(22-12-8-6-9-13-22)23-14-10-7-11-15-23)18-21-16-17-33(19-21)27(30-20-34)32-28(36)38-29(2,3)4/h6-16,20,24H,5,17-19H2,1-4H3,(H,30,32,34,36). The molecule has 1 aliphatic heterocycles. The third-order valence-corrected chi connectivity index (χ3v) is 5.48. The van der Waals surface area contributed by atoms with Crippen LogP contribution in [0.25, 0.3) is 0 Å². The largest absolute Gasteiger partial charge is 0.464 e. The fourth-order valence-electron chi connectivity index (χ4n) is 3.89.